The van der Waals surface area contributed by atoms with Crippen molar-refractivity contribution < 1.29 is 49.8 Å². The first-order valence-electron chi connectivity index (χ1n) is 22.5. The van der Waals surface area contributed by atoms with Crippen LogP contribution in [0.25, 0.3) is 0 Å². The molecule has 5 saturated heterocycles. The Balaban J connectivity index is 1.35. The van der Waals surface area contributed by atoms with Crippen LogP contribution in [0.4, 0.5) is 0 Å². The zero-order valence-electron chi connectivity index (χ0n) is 34.3. The van der Waals surface area contributed by atoms with Crippen molar-refractivity contribution in [2.45, 2.75) is 158 Å². The highest BCUT2D eigenvalue weighted by Gasteiger charge is 2.65. The number of hydrogen-bond donors (Lipinski definition) is 8. The molecule has 0 spiro atoms. The van der Waals surface area contributed by atoms with Crippen molar-refractivity contribution in [2.75, 3.05) is 33.3 Å². The summed E-state index contributed by atoms with van der Waals surface area (Å²) in [6.07, 6.45) is 9.02. The SMILES string of the molecule is CC=C(CC[NH2+]C)C(=O)O[C@H]1CC2C(O)C3C(=O)CC(CO)OC3C3C2O[C@@]1(C)[C@H](CC1CCC(N)[NH2+]C1)CCC1C(N)NCCC1[C@@H]3CC1CCCC(O)C1. The van der Waals surface area contributed by atoms with E-state index in [4.69, 9.17) is 25.7 Å². The van der Waals surface area contributed by atoms with Gasteiger partial charge in [-0.2, -0.15) is 0 Å². The molecular formula is C43H75N5O8+2. The summed E-state index contributed by atoms with van der Waals surface area (Å²) in [5.41, 5.74) is 13.2. The van der Waals surface area contributed by atoms with Gasteiger partial charge < -0.3 is 51.2 Å². The van der Waals surface area contributed by atoms with Crippen LogP contribution in [-0.2, 0) is 23.8 Å². The van der Waals surface area contributed by atoms with E-state index in [2.05, 4.69) is 22.9 Å². The van der Waals surface area contributed by atoms with E-state index in [1.807, 2.05) is 20.0 Å². The molecule has 56 heavy (non-hydrogen) atoms. The van der Waals surface area contributed by atoms with E-state index in [1.54, 1.807) is 0 Å². The largest absolute Gasteiger partial charge is 0.456 e. The lowest BCUT2D eigenvalue weighted by atomic mass is 9.53. The van der Waals surface area contributed by atoms with Crippen LogP contribution in [-0.4, -0.2) is 115 Å². The molecule has 12 N–H and O–H groups in total. The van der Waals surface area contributed by atoms with Crippen molar-refractivity contribution in [3.63, 3.8) is 0 Å². The number of aliphatic hydroxyl groups is 3. The smallest absolute Gasteiger partial charge is 0.334 e. The van der Waals surface area contributed by atoms with Gasteiger partial charge in [0, 0.05) is 42.6 Å². The Morgan fingerprint density at radius 3 is 2.57 bits per heavy atom. The van der Waals surface area contributed by atoms with Crippen molar-refractivity contribution >= 4 is 11.8 Å². The summed E-state index contributed by atoms with van der Waals surface area (Å²) in [6, 6.07) is 0. The van der Waals surface area contributed by atoms with E-state index < -0.39 is 48.0 Å². The van der Waals surface area contributed by atoms with Crippen molar-refractivity contribution in [1.82, 2.24) is 5.32 Å². The van der Waals surface area contributed by atoms with Crippen LogP contribution in [0.5, 0.6) is 0 Å². The second-order valence-electron chi connectivity index (χ2n) is 19.3. The van der Waals surface area contributed by atoms with Crippen LogP contribution in [0.15, 0.2) is 11.6 Å². The molecule has 7 fully saturated rings. The van der Waals surface area contributed by atoms with Gasteiger partial charge in [-0.05, 0) is 108 Å². The molecule has 0 aromatic heterocycles. The summed E-state index contributed by atoms with van der Waals surface area (Å²) < 4.78 is 21.2. The summed E-state index contributed by atoms with van der Waals surface area (Å²) in [6.45, 7) is 6.26. The highest BCUT2D eigenvalue weighted by atomic mass is 16.6. The number of aliphatic hydroxyl groups excluding tert-OH is 3. The van der Waals surface area contributed by atoms with E-state index in [9.17, 15) is 24.9 Å². The van der Waals surface area contributed by atoms with Crippen molar-refractivity contribution in [3.05, 3.63) is 11.6 Å². The van der Waals surface area contributed by atoms with Gasteiger partial charge in [0.25, 0.3) is 0 Å². The Morgan fingerprint density at radius 2 is 1.86 bits per heavy atom. The Hall–Kier alpha value is -1.52. The van der Waals surface area contributed by atoms with Gasteiger partial charge in [-0.15, -0.1) is 0 Å². The van der Waals surface area contributed by atoms with Gasteiger partial charge in [-0.1, -0.05) is 18.9 Å². The normalized spacial score (nSPS) is 47.3. The lowest BCUT2D eigenvalue weighted by Crippen LogP contribution is -2.95. The predicted molar refractivity (Wildman–Crippen MR) is 209 cm³/mol. The van der Waals surface area contributed by atoms with Gasteiger partial charge in [0.05, 0.1) is 69.3 Å². The van der Waals surface area contributed by atoms with Gasteiger partial charge in [0.2, 0.25) is 0 Å². The molecule has 2 saturated carbocycles. The number of allylic oxidation sites excluding steroid dienone is 1. The third-order valence-electron chi connectivity index (χ3n) is 16.0. The van der Waals surface area contributed by atoms with Gasteiger partial charge in [-0.3, -0.25) is 10.5 Å². The van der Waals surface area contributed by atoms with Crippen molar-refractivity contribution in [2.24, 2.45) is 64.7 Å². The summed E-state index contributed by atoms with van der Waals surface area (Å²) in [7, 11) is 1.99. The number of nitrogens with two attached hydrogens (primary N) is 4. The number of fused-ring (bicyclic) bond motifs is 4. The first-order valence-corrected chi connectivity index (χ1v) is 22.5. The molecule has 0 aromatic rings. The molecule has 0 amide bonds. The maximum Gasteiger partial charge on any atom is 0.334 e. The van der Waals surface area contributed by atoms with Gasteiger partial charge in [-0.25, -0.2) is 4.79 Å². The molecule has 2 aliphatic carbocycles. The Labute approximate surface area is 334 Å². The van der Waals surface area contributed by atoms with Crippen LogP contribution in [0, 0.1) is 53.3 Å². The third-order valence-corrected chi connectivity index (χ3v) is 16.0. The van der Waals surface area contributed by atoms with Crippen LogP contribution in [0.2, 0.25) is 0 Å². The zero-order valence-corrected chi connectivity index (χ0v) is 34.3. The number of Topliss-reactive ketones (excluding diaryl/α,β-unsaturated/α-hetero) is 1. The summed E-state index contributed by atoms with van der Waals surface area (Å²) in [5.74, 6) is -0.731. The van der Waals surface area contributed by atoms with Crippen molar-refractivity contribution in [3.8, 4) is 0 Å². The van der Waals surface area contributed by atoms with E-state index in [0.29, 0.717) is 30.3 Å². The first-order chi connectivity index (χ1) is 26.9. The lowest BCUT2D eigenvalue weighted by molar-refractivity contribution is -0.703. The molecule has 7 aliphatic rings. The second-order valence-corrected chi connectivity index (χ2v) is 19.3. The number of piperidine rings is 2. The highest BCUT2D eigenvalue weighted by molar-refractivity contribution is 5.88. The fourth-order valence-corrected chi connectivity index (χ4v) is 13.0. The number of esters is 1. The van der Waals surface area contributed by atoms with Gasteiger partial charge in [0.15, 0.2) is 0 Å². The molecule has 5 heterocycles. The summed E-state index contributed by atoms with van der Waals surface area (Å²) in [5, 5.41) is 41.7. The molecule has 14 unspecified atom stereocenters. The standard InChI is InChI=1S/C43H73N5O8/c1-4-25(12-14-46-3)42(53)55-34-20-32-38(52)37-33(51)19-28(22-49)54-40(37)36-31(18-23-6-5-7-27(50)17-23)29-13-15-47-41(45)30(29)10-9-26(43(34,2)56-39(32)36)16-24-8-11-35(44)48-21-24/h4,23-24,26-32,34-41,46-50,52H,5-22,44-45H2,1-3H3/p+2/t23?,24?,26-,27?,28?,29?,30?,31-,32?,34-,35?,36?,37?,38?,39?,40?,41?,43-/m0/s1. The number of carbonyl (C=O) groups excluding carboxylic acids is 2. The second kappa shape index (κ2) is 18.4. The Morgan fingerprint density at radius 1 is 1.04 bits per heavy atom. The lowest BCUT2D eigenvalue weighted by Gasteiger charge is -2.62. The number of nitrogens with one attached hydrogen (secondary N) is 1. The number of rotatable bonds is 10. The van der Waals surface area contributed by atoms with E-state index in [1.165, 1.54) is 0 Å². The van der Waals surface area contributed by atoms with Crippen molar-refractivity contribution in [1.29, 1.82) is 0 Å². The van der Waals surface area contributed by atoms with E-state index in [0.717, 1.165) is 90.3 Å². The molecule has 18 atom stereocenters. The molecule has 2 bridgehead atoms. The topological polar surface area (TPSA) is 220 Å². The molecular weight excluding hydrogens is 714 g/mol. The van der Waals surface area contributed by atoms with Crippen LogP contribution >= 0.6 is 0 Å². The highest BCUT2D eigenvalue weighted by Crippen LogP contribution is 2.58. The quantitative estimate of drug-likeness (QED) is 0.109. The average molecular weight is 790 g/mol. The zero-order chi connectivity index (χ0) is 39.7. The number of carbonyl (C=O) groups is 2. The Bertz CT molecular complexity index is 1380. The molecule has 318 valence electrons. The van der Waals surface area contributed by atoms with E-state index in [-0.39, 0.29) is 72.8 Å². The maximum absolute atomic E-state index is 14.2. The molecule has 0 aromatic carbocycles. The first kappa shape index (κ1) is 42.6. The van der Waals surface area contributed by atoms with Crippen LogP contribution < -0.4 is 27.4 Å². The molecule has 13 heteroatoms. The summed E-state index contributed by atoms with van der Waals surface area (Å²) >= 11 is 0. The number of quaternary nitrogens is 2. The van der Waals surface area contributed by atoms with Crippen LogP contribution in [0.3, 0.4) is 0 Å². The molecule has 0 radical (unpaired) electrons. The number of ether oxygens (including phenoxy) is 3. The maximum atomic E-state index is 14.2. The fourth-order valence-electron chi connectivity index (χ4n) is 13.0. The van der Waals surface area contributed by atoms with Gasteiger partial charge in [0.1, 0.15) is 23.7 Å². The minimum Gasteiger partial charge on any atom is -0.456 e. The summed E-state index contributed by atoms with van der Waals surface area (Å²) in [4.78, 5) is 28.3. The molecule has 7 rings (SSSR count). The van der Waals surface area contributed by atoms with Gasteiger partial charge >= 0.3 is 5.97 Å². The molecule has 13 nitrogen and oxygen atoms in total. The minimum absolute atomic E-state index is 0.0291. The van der Waals surface area contributed by atoms with Crippen LogP contribution in [0.1, 0.15) is 104 Å². The predicted octanol–water partition coefficient (Wildman–Crippen LogP) is 0.0436. The Kier molecular flexibility index (Phi) is 14.0. The molecule has 5 aliphatic heterocycles. The number of ketones is 1. The number of hydrogen-bond acceptors (Lipinski definition) is 11. The minimum atomic E-state index is -1.05. The fraction of sp³-hybridized carbons (Fsp3) is 0.907. The average Bonchev–Trinajstić information content (AvgIpc) is 3.17. The van der Waals surface area contributed by atoms with E-state index >= 15 is 0 Å². The third kappa shape index (κ3) is 8.69. The monoisotopic (exact) mass is 790 g/mol.